The van der Waals surface area contributed by atoms with Gasteiger partial charge in [0.1, 0.15) is 5.75 Å². The molecule has 0 saturated heterocycles. The monoisotopic (exact) mass is 340 g/mol. The summed E-state index contributed by atoms with van der Waals surface area (Å²) >= 11 is 0. The molecular weight excluding hydrogens is 312 g/mol. The minimum absolute atomic E-state index is 0.0306. The summed E-state index contributed by atoms with van der Waals surface area (Å²) in [6.07, 6.45) is 4.63. The number of ether oxygens (including phenoxy) is 1. The number of hydrogen-bond donors (Lipinski definition) is 1. The SMILES string of the molecule is CC(NC(=O)CCCOc1ccc(C(C)(C)C)cc1)c1cccnc1. The van der Waals surface area contributed by atoms with Crippen LogP contribution in [0.3, 0.4) is 0 Å². The summed E-state index contributed by atoms with van der Waals surface area (Å²) in [6, 6.07) is 12.0. The highest BCUT2D eigenvalue weighted by Crippen LogP contribution is 2.24. The first-order valence-corrected chi connectivity index (χ1v) is 8.79. The Labute approximate surface area is 150 Å². The molecule has 0 aliphatic rings. The third-order valence-electron chi connectivity index (χ3n) is 4.10. The van der Waals surface area contributed by atoms with Crippen molar-refractivity contribution in [3.63, 3.8) is 0 Å². The predicted molar refractivity (Wildman–Crippen MR) is 101 cm³/mol. The molecule has 1 amide bonds. The van der Waals surface area contributed by atoms with Crippen LogP contribution in [-0.2, 0) is 10.2 Å². The Bertz CT molecular complexity index is 661. The van der Waals surface area contributed by atoms with E-state index < -0.39 is 0 Å². The minimum atomic E-state index is -0.0351. The third kappa shape index (κ3) is 6.22. The van der Waals surface area contributed by atoms with Gasteiger partial charge in [-0.1, -0.05) is 39.0 Å². The lowest BCUT2D eigenvalue weighted by atomic mass is 9.87. The van der Waals surface area contributed by atoms with Crippen molar-refractivity contribution in [3.05, 3.63) is 59.9 Å². The molecule has 134 valence electrons. The van der Waals surface area contributed by atoms with Gasteiger partial charge in [0.05, 0.1) is 12.6 Å². The Hall–Kier alpha value is -2.36. The van der Waals surface area contributed by atoms with E-state index in [9.17, 15) is 4.79 Å². The van der Waals surface area contributed by atoms with E-state index in [1.54, 1.807) is 12.4 Å². The molecule has 0 aliphatic carbocycles. The molecule has 1 N–H and O–H groups in total. The van der Waals surface area contributed by atoms with Gasteiger partial charge in [0.15, 0.2) is 0 Å². The molecule has 1 heterocycles. The molecule has 0 spiro atoms. The van der Waals surface area contributed by atoms with Crippen LogP contribution in [0.15, 0.2) is 48.8 Å². The van der Waals surface area contributed by atoms with E-state index in [2.05, 4.69) is 43.2 Å². The Morgan fingerprint density at radius 1 is 1.20 bits per heavy atom. The van der Waals surface area contributed by atoms with E-state index >= 15 is 0 Å². The summed E-state index contributed by atoms with van der Waals surface area (Å²) in [7, 11) is 0. The van der Waals surface area contributed by atoms with Crippen molar-refractivity contribution < 1.29 is 9.53 Å². The second-order valence-electron chi connectivity index (χ2n) is 7.30. The minimum Gasteiger partial charge on any atom is -0.494 e. The first-order valence-electron chi connectivity index (χ1n) is 8.79. The molecule has 4 nitrogen and oxygen atoms in total. The zero-order chi connectivity index (χ0) is 18.3. The lowest BCUT2D eigenvalue weighted by molar-refractivity contribution is -0.121. The Morgan fingerprint density at radius 3 is 2.52 bits per heavy atom. The number of amides is 1. The van der Waals surface area contributed by atoms with Crippen LogP contribution < -0.4 is 10.1 Å². The maximum atomic E-state index is 12.0. The van der Waals surface area contributed by atoms with Crippen molar-refractivity contribution in [2.75, 3.05) is 6.61 Å². The van der Waals surface area contributed by atoms with Gasteiger partial charge in [-0.05, 0) is 48.1 Å². The lowest BCUT2D eigenvalue weighted by Gasteiger charge is -2.19. The Kier molecular flexibility index (Phi) is 6.57. The second kappa shape index (κ2) is 8.65. The smallest absolute Gasteiger partial charge is 0.220 e. The molecular formula is C21H28N2O2. The van der Waals surface area contributed by atoms with E-state index in [1.807, 2.05) is 31.2 Å². The molecule has 0 saturated carbocycles. The van der Waals surface area contributed by atoms with Gasteiger partial charge in [-0.3, -0.25) is 9.78 Å². The second-order valence-corrected chi connectivity index (χ2v) is 7.30. The van der Waals surface area contributed by atoms with Gasteiger partial charge >= 0.3 is 0 Å². The number of pyridine rings is 1. The maximum Gasteiger partial charge on any atom is 0.220 e. The number of hydrogen-bond acceptors (Lipinski definition) is 3. The first kappa shape index (κ1) is 19.0. The van der Waals surface area contributed by atoms with Crippen LogP contribution in [0.2, 0.25) is 0 Å². The van der Waals surface area contributed by atoms with Crippen LogP contribution in [-0.4, -0.2) is 17.5 Å². The molecule has 2 aromatic rings. The van der Waals surface area contributed by atoms with Crippen LogP contribution in [0.4, 0.5) is 0 Å². The van der Waals surface area contributed by atoms with Crippen molar-refractivity contribution in [1.29, 1.82) is 0 Å². The average molecular weight is 340 g/mol. The summed E-state index contributed by atoms with van der Waals surface area (Å²) in [4.78, 5) is 16.1. The highest BCUT2D eigenvalue weighted by Gasteiger charge is 2.13. The van der Waals surface area contributed by atoms with Crippen LogP contribution >= 0.6 is 0 Å². The fourth-order valence-electron chi connectivity index (χ4n) is 2.50. The summed E-state index contributed by atoms with van der Waals surface area (Å²) in [5.41, 5.74) is 2.43. The zero-order valence-corrected chi connectivity index (χ0v) is 15.6. The first-order chi connectivity index (χ1) is 11.9. The quantitative estimate of drug-likeness (QED) is 0.759. The highest BCUT2D eigenvalue weighted by atomic mass is 16.5. The van der Waals surface area contributed by atoms with Gasteiger partial charge in [0.2, 0.25) is 5.91 Å². The average Bonchev–Trinajstić information content (AvgIpc) is 2.59. The van der Waals surface area contributed by atoms with E-state index in [4.69, 9.17) is 4.74 Å². The van der Waals surface area contributed by atoms with E-state index in [1.165, 1.54) is 5.56 Å². The van der Waals surface area contributed by atoms with Crippen LogP contribution in [0, 0.1) is 0 Å². The number of nitrogens with zero attached hydrogens (tertiary/aromatic N) is 1. The number of carbonyl (C=O) groups excluding carboxylic acids is 1. The molecule has 25 heavy (non-hydrogen) atoms. The summed E-state index contributed by atoms with van der Waals surface area (Å²) in [6.45, 7) is 9.06. The molecule has 1 unspecified atom stereocenters. The number of benzene rings is 1. The van der Waals surface area contributed by atoms with Gasteiger partial charge < -0.3 is 10.1 Å². The van der Waals surface area contributed by atoms with Crippen LogP contribution in [0.1, 0.15) is 57.7 Å². The fourth-order valence-corrected chi connectivity index (χ4v) is 2.50. The lowest BCUT2D eigenvalue weighted by Crippen LogP contribution is -2.26. The standard InChI is InChI=1S/C21H28N2O2/c1-16(17-7-5-13-22-15-17)23-20(24)8-6-14-25-19-11-9-18(10-12-19)21(2,3)4/h5,7,9-13,15-16H,6,8,14H2,1-4H3,(H,23,24). The number of rotatable bonds is 7. The largest absolute Gasteiger partial charge is 0.494 e. The van der Waals surface area contributed by atoms with E-state index in [0.717, 1.165) is 11.3 Å². The molecule has 1 atom stereocenters. The molecule has 2 rings (SSSR count). The van der Waals surface area contributed by atoms with E-state index in [0.29, 0.717) is 19.4 Å². The molecule has 0 radical (unpaired) electrons. The van der Waals surface area contributed by atoms with Gasteiger partial charge in [-0.2, -0.15) is 0 Å². The third-order valence-corrected chi connectivity index (χ3v) is 4.10. The molecule has 0 fully saturated rings. The predicted octanol–water partition coefficient (Wildman–Crippen LogP) is 4.42. The van der Waals surface area contributed by atoms with Crippen molar-refractivity contribution in [3.8, 4) is 5.75 Å². The fraction of sp³-hybridized carbons (Fsp3) is 0.429. The summed E-state index contributed by atoms with van der Waals surface area (Å²) in [5.74, 6) is 0.875. The highest BCUT2D eigenvalue weighted by molar-refractivity contribution is 5.76. The van der Waals surface area contributed by atoms with Gasteiger partial charge in [0, 0.05) is 18.8 Å². The molecule has 4 heteroatoms. The van der Waals surface area contributed by atoms with Crippen molar-refractivity contribution in [2.24, 2.45) is 0 Å². The maximum absolute atomic E-state index is 12.0. The number of nitrogens with one attached hydrogen (secondary N) is 1. The molecule has 0 aliphatic heterocycles. The topological polar surface area (TPSA) is 51.2 Å². The van der Waals surface area contributed by atoms with Crippen LogP contribution in [0.25, 0.3) is 0 Å². The molecule has 1 aromatic heterocycles. The molecule has 1 aromatic carbocycles. The Balaban J connectivity index is 1.69. The van der Waals surface area contributed by atoms with E-state index in [-0.39, 0.29) is 17.4 Å². The number of aromatic nitrogens is 1. The normalized spacial score (nSPS) is 12.5. The Morgan fingerprint density at radius 2 is 1.92 bits per heavy atom. The molecule has 0 bridgehead atoms. The summed E-state index contributed by atoms with van der Waals surface area (Å²) < 4.78 is 5.72. The number of carbonyl (C=O) groups is 1. The van der Waals surface area contributed by atoms with Crippen LogP contribution in [0.5, 0.6) is 5.75 Å². The van der Waals surface area contributed by atoms with Crippen molar-refractivity contribution in [1.82, 2.24) is 10.3 Å². The van der Waals surface area contributed by atoms with Crippen molar-refractivity contribution >= 4 is 5.91 Å². The summed E-state index contributed by atoms with van der Waals surface area (Å²) in [5, 5.41) is 2.98. The van der Waals surface area contributed by atoms with Gasteiger partial charge in [-0.25, -0.2) is 0 Å². The van der Waals surface area contributed by atoms with Gasteiger partial charge in [0.25, 0.3) is 0 Å². The van der Waals surface area contributed by atoms with Gasteiger partial charge in [-0.15, -0.1) is 0 Å². The van der Waals surface area contributed by atoms with Crippen molar-refractivity contribution in [2.45, 2.75) is 52.0 Å². The zero-order valence-electron chi connectivity index (χ0n) is 15.6.